The van der Waals surface area contributed by atoms with Crippen molar-refractivity contribution < 1.29 is 33.6 Å². The highest BCUT2D eigenvalue weighted by atomic mass is 16.7. The Hall–Kier alpha value is -1.28. The van der Waals surface area contributed by atoms with Crippen molar-refractivity contribution in [1.82, 2.24) is 0 Å². The molecule has 0 aromatic heterocycles. The molecule has 0 bridgehead atoms. The molecule has 1 aliphatic carbocycles. The number of carboxylic acids is 1. The number of carbonyl (C=O) groups excluding carboxylic acids is 1. The maximum absolute atomic E-state index is 12.8. The Labute approximate surface area is 236 Å². The Bertz CT molecular complexity index is 711. The fraction of sp³-hybridized carbons (Fsp3) is 0.875. The summed E-state index contributed by atoms with van der Waals surface area (Å²) in [6.07, 6.45) is 21.4. The number of aliphatic carboxylic acids is 1. The molecule has 0 aromatic rings. The van der Waals surface area contributed by atoms with E-state index in [-0.39, 0.29) is 43.0 Å². The topological polar surface area (TPSA) is 91.3 Å². The van der Waals surface area contributed by atoms with Gasteiger partial charge in [0.25, 0.3) is 0 Å². The van der Waals surface area contributed by atoms with E-state index in [4.69, 9.17) is 24.1 Å². The lowest BCUT2D eigenvalue weighted by Gasteiger charge is -2.31. The number of rotatable bonds is 19. The first-order chi connectivity index (χ1) is 19.1. The zero-order chi connectivity index (χ0) is 27.7. The number of carbonyl (C=O) groups is 2. The highest BCUT2D eigenvalue weighted by Gasteiger charge is 2.46. The minimum atomic E-state index is -0.750. The molecule has 0 radical (unpaired) electrons. The molecule has 39 heavy (non-hydrogen) atoms. The summed E-state index contributed by atoms with van der Waals surface area (Å²) < 4.78 is 25.1. The third kappa shape index (κ3) is 12.4. The van der Waals surface area contributed by atoms with E-state index in [1.165, 1.54) is 19.3 Å². The van der Waals surface area contributed by atoms with Gasteiger partial charge in [0, 0.05) is 38.9 Å². The van der Waals surface area contributed by atoms with Gasteiger partial charge in [-0.15, -0.1) is 0 Å². The molecule has 0 spiro atoms. The Balaban J connectivity index is 1.64. The van der Waals surface area contributed by atoms with Gasteiger partial charge in [0.15, 0.2) is 12.6 Å². The van der Waals surface area contributed by atoms with Crippen molar-refractivity contribution in [3.63, 3.8) is 0 Å². The summed E-state index contributed by atoms with van der Waals surface area (Å²) >= 11 is 0. The second kappa shape index (κ2) is 19.0. The van der Waals surface area contributed by atoms with Crippen molar-refractivity contribution >= 4 is 11.8 Å². The largest absolute Gasteiger partial charge is 0.481 e. The van der Waals surface area contributed by atoms with Crippen molar-refractivity contribution in [2.24, 2.45) is 11.8 Å². The van der Waals surface area contributed by atoms with Gasteiger partial charge < -0.3 is 24.1 Å². The van der Waals surface area contributed by atoms with E-state index in [1.807, 2.05) is 0 Å². The summed E-state index contributed by atoms with van der Waals surface area (Å²) in [7, 11) is 0. The van der Waals surface area contributed by atoms with Crippen LogP contribution in [0, 0.1) is 11.8 Å². The van der Waals surface area contributed by atoms with E-state index >= 15 is 0 Å². The van der Waals surface area contributed by atoms with E-state index in [1.54, 1.807) is 0 Å². The maximum Gasteiger partial charge on any atom is 0.303 e. The lowest BCUT2D eigenvalue weighted by molar-refractivity contribution is -0.204. The van der Waals surface area contributed by atoms with Crippen LogP contribution >= 0.6 is 0 Å². The molecule has 6 atom stereocenters. The summed E-state index contributed by atoms with van der Waals surface area (Å²) in [6.45, 7) is 3.71. The van der Waals surface area contributed by atoms with Crippen LogP contribution < -0.4 is 0 Å². The monoisotopic (exact) mass is 550 g/mol. The molecule has 7 nitrogen and oxygen atoms in total. The second-order valence-electron chi connectivity index (χ2n) is 11.7. The van der Waals surface area contributed by atoms with Gasteiger partial charge in [-0.1, -0.05) is 44.8 Å². The molecule has 3 fully saturated rings. The molecule has 3 rings (SSSR count). The van der Waals surface area contributed by atoms with Crippen molar-refractivity contribution in [2.45, 2.75) is 154 Å². The Morgan fingerprint density at radius 1 is 0.795 bits per heavy atom. The second-order valence-corrected chi connectivity index (χ2v) is 11.7. The van der Waals surface area contributed by atoms with Crippen LogP contribution in [0.15, 0.2) is 12.2 Å². The van der Waals surface area contributed by atoms with E-state index in [0.29, 0.717) is 25.0 Å². The van der Waals surface area contributed by atoms with E-state index in [0.717, 1.165) is 90.3 Å². The third-order valence-corrected chi connectivity index (χ3v) is 8.55. The minimum Gasteiger partial charge on any atom is -0.481 e. The van der Waals surface area contributed by atoms with Gasteiger partial charge in [-0.25, -0.2) is 0 Å². The third-order valence-electron chi connectivity index (χ3n) is 8.55. The normalized spacial score (nSPS) is 29.7. The lowest BCUT2D eigenvalue weighted by atomic mass is 9.85. The molecule has 1 N–H and O–H groups in total. The van der Waals surface area contributed by atoms with Gasteiger partial charge in [-0.3, -0.25) is 9.59 Å². The average molecular weight is 551 g/mol. The highest BCUT2D eigenvalue weighted by Crippen LogP contribution is 2.43. The number of hydrogen-bond acceptors (Lipinski definition) is 6. The average Bonchev–Trinajstić information content (AvgIpc) is 3.25. The number of ketones is 1. The van der Waals surface area contributed by atoms with Crippen molar-refractivity contribution in [1.29, 1.82) is 0 Å². The molecule has 3 aliphatic rings. The smallest absolute Gasteiger partial charge is 0.303 e. The zero-order valence-electron chi connectivity index (χ0n) is 24.4. The SMILES string of the molecule is CCCCCCCC(=O)CC[C@@H]1[C@@H](C/C=C\CCCC(=O)O)[C@@H](OC2CCCCO2)C[C@@H]1OC1CCCCO1. The van der Waals surface area contributed by atoms with Crippen LogP contribution in [0.25, 0.3) is 0 Å². The van der Waals surface area contributed by atoms with Gasteiger partial charge in [0.1, 0.15) is 5.78 Å². The first-order valence-electron chi connectivity index (χ1n) is 16.0. The van der Waals surface area contributed by atoms with Gasteiger partial charge in [-0.05, 0) is 82.5 Å². The van der Waals surface area contributed by atoms with Crippen LogP contribution in [0.3, 0.4) is 0 Å². The number of allylic oxidation sites excluding steroid dienone is 2. The Morgan fingerprint density at radius 2 is 1.46 bits per heavy atom. The quantitative estimate of drug-likeness (QED) is 0.133. The number of unbranched alkanes of at least 4 members (excludes halogenated alkanes) is 5. The van der Waals surface area contributed by atoms with Crippen molar-refractivity contribution in [2.75, 3.05) is 13.2 Å². The summed E-state index contributed by atoms with van der Waals surface area (Å²) in [5.74, 6) is 0.0660. The van der Waals surface area contributed by atoms with Gasteiger partial charge in [0.2, 0.25) is 0 Å². The molecule has 1 saturated carbocycles. The van der Waals surface area contributed by atoms with Crippen LogP contribution in [0.1, 0.15) is 129 Å². The number of Topliss-reactive ketones (excluding diaryl/α,β-unsaturated/α-hetero) is 1. The number of ether oxygens (including phenoxy) is 4. The lowest BCUT2D eigenvalue weighted by Crippen LogP contribution is -2.32. The fourth-order valence-electron chi connectivity index (χ4n) is 6.32. The van der Waals surface area contributed by atoms with Crippen LogP contribution in [-0.4, -0.2) is 54.9 Å². The first-order valence-corrected chi connectivity index (χ1v) is 16.0. The predicted molar refractivity (Wildman–Crippen MR) is 151 cm³/mol. The molecule has 2 unspecified atom stereocenters. The summed E-state index contributed by atoms with van der Waals surface area (Å²) in [6, 6.07) is 0. The number of carboxylic acid groups (broad SMARTS) is 1. The van der Waals surface area contributed by atoms with Crippen molar-refractivity contribution in [3.8, 4) is 0 Å². The fourth-order valence-corrected chi connectivity index (χ4v) is 6.32. The molecular weight excluding hydrogens is 496 g/mol. The van der Waals surface area contributed by atoms with Gasteiger partial charge in [-0.2, -0.15) is 0 Å². The van der Waals surface area contributed by atoms with Crippen LogP contribution in [-0.2, 0) is 28.5 Å². The Morgan fingerprint density at radius 3 is 2.08 bits per heavy atom. The Kier molecular flexibility index (Phi) is 15.7. The van der Waals surface area contributed by atoms with Crippen LogP contribution in [0.5, 0.6) is 0 Å². The summed E-state index contributed by atoms with van der Waals surface area (Å²) in [4.78, 5) is 23.7. The van der Waals surface area contributed by atoms with Crippen molar-refractivity contribution in [3.05, 3.63) is 12.2 Å². The number of hydrogen-bond donors (Lipinski definition) is 1. The first kappa shape index (κ1) is 32.2. The molecule has 7 heteroatoms. The zero-order valence-corrected chi connectivity index (χ0v) is 24.4. The predicted octanol–water partition coefficient (Wildman–Crippen LogP) is 7.36. The molecule has 0 aromatic carbocycles. The maximum atomic E-state index is 12.8. The van der Waals surface area contributed by atoms with Crippen LogP contribution in [0.2, 0.25) is 0 Å². The summed E-state index contributed by atoms with van der Waals surface area (Å²) in [5.41, 5.74) is 0. The standard InChI is InChI=1S/C32H54O7/c1-2-3-4-5-8-15-25(33)20-21-27-26(16-9-6-7-10-17-30(34)35)28(38-31-18-11-13-22-36-31)24-29(27)39-32-19-12-14-23-37-32/h6,9,26-29,31-32H,2-5,7-8,10-24H2,1H3,(H,34,35)/b9-6-/t26-,27-,28+,29+,31?,32?/m1/s1. The highest BCUT2D eigenvalue weighted by molar-refractivity contribution is 5.78. The molecule has 2 aliphatic heterocycles. The molecule has 2 heterocycles. The van der Waals surface area contributed by atoms with E-state index in [9.17, 15) is 9.59 Å². The minimum absolute atomic E-state index is 0.00413. The van der Waals surface area contributed by atoms with E-state index in [2.05, 4.69) is 19.1 Å². The molecule has 2 saturated heterocycles. The molecular formula is C32H54O7. The summed E-state index contributed by atoms with van der Waals surface area (Å²) in [5, 5.41) is 8.92. The van der Waals surface area contributed by atoms with Gasteiger partial charge >= 0.3 is 5.97 Å². The molecule has 0 amide bonds. The van der Waals surface area contributed by atoms with E-state index < -0.39 is 5.97 Å². The molecule has 224 valence electrons. The van der Waals surface area contributed by atoms with Gasteiger partial charge in [0.05, 0.1) is 12.2 Å². The van der Waals surface area contributed by atoms with Crippen LogP contribution in [0.4, 0.5) is 0 Å².